The fourth-order valence-electron chi connectivity index (χ4n) is 2.68. The number of hydrogen-bond acceptors (Lipinski definition) is 1. The van der Waals surface area contributed by atoms with E-state index >= 15 is 0 Å². The Bertz CT molecular complexity index is 386. The first kappa shape index (κ1) is 9.34. The van der Waals surface area contributed by atoms with Gasteiger partial charge in [0, 0.05) is 5.54 Å². The molecule has 0 heterocycles. The van der Waals surface area contributed by atoms with Crippen molar-refractivity contribution in [2.45, 2.75) is 31.2 Å². The van der Waals surface area contributed by atoms with Crippen LogP contribution in [0, 0.1) is 17.7 Å². The first-order valence-corrected chi connectivity index (χ1v) is 5.71. The maximum Gasteiger partial charge on any atom is 0.126 e. The van der Waals surface area contributed by atoms with Crippen LogP contribution in [0.25, 0.3) is 0 Å². The molecule has 0 spiro atoms. The fraction of sp³-hybridized carbons (Fsp3) is 0.538. The van der Waals surface area contributed by atoms with Gasteiger partial charge in [-0.05, 0) is 49.1 Å². The van der Waals surface area contributed by atoms with E-state index in [1.807, 2.05) is 12.1 Å². The van der Waals surface area contributed by atoms with Crippen molar-refractivity contribution in [1.29, 1.82) is 0 Å². The summed E-state index contributed by atoms with van der Waals surface area (Å²) in [5, 5.41) is 0. The van der Waals surface area contributed by atoms with Gasteiger partial charge in [0.05, 0.1) is 0 Å². The third kappa shape index (κ3) is 1.67. The van der Waals surface area contributed by atoms with Crippen LogP contribution in [0.2, 0.25) is 0 Å². The van der Waals surface area contributed by atoms with Gasteiger partial charge in [-0.25, -0.2) is 4.39 Å². The van der Waals surface area contributed by atoms with Gasteiger partial charge >= 0.3 is 0 Å². The van der Waals surface area contributed by atoms with Gasteiger partial charge in [0.1, 0.15) is 5.82 Å². The molecule has 2 saturated carbocycles. The average Bonchev–Trinajstić information content (AvgIpc) is 3.05. The van der Waals surface area contributed by atoms with Gasteiger partial charge in [-0.15, -0.1) is 0 Å². The van der Waals surface area contributed by atoms with Gasteiger partial charge < -0.3 is 5.73 Å². The summed E-state index contributed by atoms with van der Waals surface area (Å²) in [4.78, 5) is 0. The Hall–Kier alpha value is -0.890. The van der Waals surface area contributed by atoms with E-state index in [9.17, 15) is 4.39 Å². The predicted octanol–water partition coefficient (Wildman–Crippen LogP) is 2.50. The molecule has 0 saturated heterocycles. The van der Waals surface area contributed by atoms with Gasteiger partial charge in [-0.3, -0.25) is 0 Å². The zero-order valence-electron chi connectivity index (χ0n) is 8.75. The van der Waals surface area contributed by atoms with Gasteiger partial charge in [0.2, 0.25) is 0 Å². The number of hydrogen-bond donors (Lipinski definition) is 1. The molecule has 1 nitrogen and oxygen atoms in total. The second kappa shape index (κ2) is 3.05. The molecule has 2 unspecified atom stereocenters. The SMILES string of the molecule is NC1(Cc2ccccc2F)CC1C1CC1. The molecular formula is C13H16FN. The van der Waals surface area contributed by atoms with Crippen molar-refractivity contribution in [3.05, 3.63) is 35.6 Å². The summed E-state index contributed by atoms with van der Waals surface area (Å²) >= 11 is 0. The zero-order chi connectivity index (χ0) is 10.5. The molecule has 80 valence electrons. The van der Waals surface area contributed by atoms with E-state index in [1.165, 1.54) is 18.9 Å². The normalized spacial score (nSPS) is 34.1. The Labute approximate surface area is 89.5 Å². The van der Waals surface area contributed by atoms with E-state index in [1.54, 1.807) is 6.07 Å². The average molecular weight is 205 g/mol. The molecule has 2 atom stereocenters. The lowest BCUT2D eigenvalue weighted by molar-refractivity contribution is 0.528. The Balaban J connectivity index is 1.73. The molecule has 2 aliphatic carbocycles. The minimum absolute atomic E-state index is 0.0939. The summed E-state index contributed by atoms with van der Waals surface area (Å²) in [7, 11) is 0. The van der Waals surface area contributed by atoms with Crippen molar-refractivity contribution in [3.63, 3.8) is 0 Å². The van der Waals surface area contributed by atoms with E-state index < -0.39 is 0 Å². The Morgan fingerprint density at radius 2 is 2.07 bits per heavy atom. The summed E-state index contributed by atoms with van der Waals surface area (Å²) in [6.45, 7) is 0. The highest BCUT2D eigenvalue weighted by Gasteiger charge is 2.57. The molecule has 0 bridgehead atoms. The largest absolute Gasteiger partial charge is 0.325 e. The lowest BCUT2D eigenvalue weighted by Gasteiger charge is -2.11. The Morgan fingerprint density at radius 3 is 2.73 bits per heavy atom. The summed E-state index contributed by atoms with van der Waals surface area (Å²) in [5.41, 5.74) is 6.95. The predicted molar refractivity (Wildman–Crippen MR) is 57.9 cm³/mol. The highest BCUT2D eigenvalue weighted by molar-refractivity contribution is 5.25. The Morgan fingerprint density at radius 1 is 1.33 bits per heavy atom. The molecule has 3 rings (SSSR count). The molecule has 1 aromatic carbocycles. The van der Waals surface area contributed by atoms with E-state index in [4.69, 9.17) is 5.73 Å². The first-order chi connectivity index (χ1) is 7.19. The van der Waals surface area contributed by atoms with Crippen molar-refractivity contribution in [3.8, 4) is 0 Å². The van der Waals surface area contributed by atoms with Crippen LogP contribution in [0.1, 0.15) is 24.8 Å². The maximum absolute atomic E-state index is 13.4. The van der Waals surface area contributed by atoms with Crippen LogP contribution in [0.15, 0.2) is 24.3 Å². The third-order valence-electron chi connectivity index (χ3n) is 3.85. The Kier molecular flexibility index (Phi) is 1.90. The minimum atomic E-state index is -0.108. The van der Waals surface area contributed by atoms with E-state index in [2.05, 4.69) is 0 Å². The molecule has 2 fully saturated rings. The van der Waals surface area contributed by atoms with Crippen molar-refractivity contribution in [1.82, 2.24) is 0 Å². The minimum Gasteiger partial charge on any atom is -0.325 e. The highest BCUT2D eigenvalue weighted by atomic mass is 19.1. The molecule has 0 aromatic heterocycles. The van der Waals surface area contributed by atoms with Gasteiger partial charge in [-0.2, -0.15) is 0 Å². The number of rotatable bonds is 3. The smallest absolute Gasteiger partial charge is 0.126 e. The quantitative estimate of drug-likeness (QED) is 0.806. The summed E-state index contributed by atoms with van der Waals surface area (Å²) < 4.78 is 13.4. The molecule has 2 heteroatoms. The molecule has 2 aliphatic rings. The summed E-state index contributed by atoms with van der Waals surface area (Å²) in [6.07, 6.45) is 4.47. The summed E-state index contributed by atoms with van der Waals surface area (Å²) in [5.74, 6) is 1.41. The fourth-order valence-corrected chi connectivity index (χ4v) is 2.68. The van der Waals surface area contributed by atoms with Crippen LogP contribution < -0.4 is 5.73 Å². The number of halogens is 1. The van der Waals surface area contributed by atoms with Crippen molar-refractivity contribution < 1.29 is 4.39 Å². The monoisotopic (exact) mass is 205 g/mol. The molecule has 15 heavy (non-hydrogen) atoms. The van der Waals surface area contributed by atoms with Gasteiger partial charge in [0.15, 0.2) is 0 Å². The molecule has 1 aromatic rings. The standard InChI is InChI=1S/C13H16FN/c14-12-4-2-1-3-10(12)7-13(15)8-11(13)9-5-6-9/h1-4,9,11H,5-8,15H2. The van der Waals surface area contributed by atoms with Crippen molar-refractivity contribution in [2.24, 2.45) is 17.6 Å². The van der Waals surface area contributed by atoms with Crippen LogP contribution in [0.3, 0.4) is 0 Å². The number of nitrogens with two attached hydrogens (primary N) is 1. The van der Waals surface area contributed by atoms with Crippen LogP contribution in [0.5, 0.6) is 0 Å². The van der Waals surface area contributed by atoms with Crippen LogP contribution >= 0.6 is 0 Å². The number of benzene rings is 1. The lowest BCUT2D eigenvalue weighted by Crippen LogP contribution is -2.28. The third-order valence-corrected chi connectivity index (χ3v) is 3.85. The van der Waals surface area contributed by atoms with E-state index in [0.29, 0.717) is 12.3 Å². The second-order valence-electron chi connectivity index (χ2n) is 5.15. The zero-order valence-corrected chi connectivity index (χ0v) is 8.75. The molecular weight excluding hydrogens is 189 g/mol. The van der Waals surface area contributed by atoms with E-state index in [0.717, 1.165) is 17.9 Å². The molecule has 0 radical (unpaired) electrons. The van der Waals surface area contributed by atoms with Gasteiger partial charge in [-0.1, -0.05) is 18.2 Å². The maximum atomic E-state index is 13.4. The topological polar surface area (TPSA) is 26.0 Å². The van der Waals surface area contributed by atoms with Crippen LogP contribution in [0.4, 0.5) is 4.39 Å². The molecule has 0 aliphatic heterocycles. The second-order valence-corrected chi connectivity index (χ2v) is 5.15. The van der Waals surface area contributed by atoms with Crippen LogP contribution in [-0.4, -0.2) is 5.54 Å². The summed E-state index contributed by atoms with van der Waals surface area (Å²) in [6, 6.07) is 6.99. The highest BCUT2D eigenvalue weighted by Crippen LogP contribution is 2.56. The lowest BCUT2D eigenvalue weighted by atomic mass is 10.0. The van der Waals surface area contributed by atoms with Gasteiger partial charge in [0.25, 0.3) is 0 Å². The van der Waals surface area contributed by atoms with Crippen molar-refractivity contribution >= 4 is 0 Å². The van der Waals surface area contributed by atoms with Crippen molar-refractivity contribution in [2.75, 3.05) is 0 Å². The first-order valence-electron chi connectivity index (χ1n) is 5.71. The van der Waals surface area contributed by atoms with E-state index in [-0.39, 0.29) is 11.4 Å². The molecule has 2 N–H and O–H groups in total. The molecule has 0 amide bonds. The van der Waals surface area contributed by atoms with Crippen LogP contribution in [-0.2, 0) is 6.42 Å².